The molecule has 112 valence electrons. The third-order valence-electron chi connectivity index (χ3n) is 4.10. The maximum absolute atomic E-state index is 12.0. The zero-order valence-corrected chi connectivity index (χ0v) is 12.3. The number of hydrogen-bond donors (Lipinski definition) is 1. The number of aromatic nitrogens is 2. The Morgan fingerprint density at radius 2 is 2.10 bits per heavy atom. The summed E-state index contributed by atoms with van der Waals surface area (Å²) in [6.07, 6.45) is 0.790. The van der Waals surface area contributed by atoms with Gasteiger partial charge in [0.05, 0.1) is 23.6 Å². The third-order valence-corrected chi connectivity index (χ3v) is 4.10. The van der Waals surface area contributed by atoms with Crippen LogP contribution in [0.3, 0.4) is 0 Å². The van der Waals surface area contributed by atoms with Gasteiger partial charge in [0.2, 0.25) is 5.91 Å². The lowest BCUT2D eigenvalue weighted by molar-refractivity contribution is -0.125. The number of nitrogens with zero attached hydrogens (tertiary/aromatic N) is 2. The van der Waals surface area contributed by atoms with Gasteiger partial charge in [-0.3, -0.25) is 13.9 Å². The molecule has 1 aliphatic rings. The Bertz CT molecular complexity index is 738. The number of imidazole rings is 1. The summed E-state index contributed by atoms with van der Waals surface area (Å²) in [4.78, 5) is 23.8. The van der Waals surface area contributed by atoms with Crippen molar-refractivity contribution in [2.24, 2.45) is 20.0 Å². The molecule has 21 heavy (non-hydrogen) atoms. The van der Waals surface area contributed by atoms with Crippen molar-refractivity contribution in [3.63, 3.8) is 0 Å². The lowest BCUT2D eigenvalue weighted by Crippen LogP contribution is -2.30. The summed E-state index contributed by atoms with van der Waals surface area (Å²) in [5, 5.41) is 2.93. The maximum Gasteiger partial charge on any atom is 0.328 e. The highest BCUT2D eigenvalue weighted by molar-refractivity contribution is 5.80. The molecule has 1 fully saturated rings. The van der Waals surface area contributed by atoms with Gasteiger partial charge in [-0.1, -0.05) is 6.07 Å². The van der Waals surface area contributed by atoms with Crippen LogP contribution in [-0.4, -0.2) is 28.3 Å². The van der Waals surface area contributed by atoms with Crippen molar-refractivity contribution >= 4 is 16.9 Å². The van der Waals surface area contributed by atoms with Crippen molar-refractivity contribution in [3.05, 3.63) is 34.2 Å². The summed E-state index contributed by atoms with van der Waals surface area (Å²) in [6, 6.07) is 5.80. The molecule has 1 aliphatic heterocycles. The third kappa shape index (κ3) is 2.47. The number of fused-ring (bicyclic) bond motifs is 1. The largest absolute Gasteiger partial charge is 0.381 e. The van der Waals surface area contributed by atoms with E-state index in [0.29, 0.717) is 19.8 Å². The Labute approximate surface area is 122 Å². The molecule has 1 aromatic carbocycles. The first kappa shape index (κ1) is 13.9. The Morgan fingerprint density at radius 3 is 2.81 bits per heavy atom. The Hall–Kier alpha value is -2.08. The van der Waals surface area contributed by atoms with E-state index >= 15 is 0 Å². The van der Waals surface area contributed by atoms with E-state index in [2.05, 4.69) is 5.32 Å². The van der Waals surface area contributed by atoms with Gasteiger partial charge in [0.25, 0.3) is 0 Å². The standard InChI is InChI=1S/C15H19N3O3/c1-17-12-4-3-10(7-13(12)18(2)15(17)20)8-16-14(19)11-5-6-21-9-11/h3-4,7,11H,5-6,8-9H2,1-2H3,(H,16,19). The first-order valence-corrected chi connectivity index (χ1v) is 7.07. The molecule has 0 spiro atoms. The van der Waals surface area contributed by atoms with Crippen molar-refractivity contribution in [2.75, 3.05) is 13.2 Å². The SMILES string of the molecule is Cn1c(=O)n(C)c2cc(CNC(=O)C3CCOC3)ccc21. The first-order valence-electron chi connectivity index (χ1n) is 7.07. The van der Waals surface area contributed by atoms with Crippen LogP contribution in [0, 0.1) is 5.92 Å². The normalized spacial score (nSPS) is 18.3. The molecule has 6 nitrogen and oxygen atoms in total. The molecule has 0 aliphatic carbocycles. The Kier molecular flexibility index (Phi) is 3.55. The highest BCUT2D eigenvalue weighted by atomic mass is 16.5. The van der Waals surface area contributed by atoms with Gasteiger partial charge in [-0.15, -0.1) is 0 Å². The topological polar surface area (TPSA) is 65.3 Å². The quantitative estimate of drug-likeness (QED) is 0.896. The van der Waals surface area contributed by atoms with E-state index in [0.717, 1.165) is 23.0 Å². The molecule has 0 radical (unpaired) electrons. The van der Waals surface area contributed by atoms with E-state index < -0.39 is 0 Å². The van der Waals surface area contributed by atoms with Crippen LogP contribution in [0.2, 0.25) is 0 Å². The minimum atomic E-state index is -0.0470. The van der Waals surface area contributed by atoms with Crippen LogP contribution < -0.4 is 11.0 Å². The minimum absolute atomic E-state index is 0.0326. The van der Waals surface area contributed by atoms with Gasteiger partial charge in [0.1, 0.15) is 0 Å². The van der Waals surface area contributed by atoms with Gasteiger partial charge in [0.15, 0.2) is 0 Å². The van der Waals surface area contributed by atoms with Crippen molar-refractivity contribution < 1.29 is 9.53 Å². The lowest BCUT2D eigenvalue weighted by Gasteiger charge is -2.09. The van der Waals surface area contributed by atoms with Gasteiger partial charge in [0, 0.05) is 27.2 Å². The summed E-state index contributed by atoms with van der Waals surface area (Å²) in [5.41, 5.74) is 2.70. The molecule has 1 atom stereocenters. The average molecular weight is 289 g/mol. The Morgan fingerprint density at radius 1 is 1.33 bits per heavy atom. The van der Waals surface area contributed by atoms with E-state index in [-0.39, 0.29) is 17.5 Å². The van der Waals surface area contributed by atoms with E-state index in [1.54, 1.807) is 23.2 Å². The summed E-state index contributed by atoms with van der Waals surface area (Å²) < 4.78 is 8.45. The van der Waals surface area contributed by atoms with Crippen LogP contribution >= 0.6 is 0 Å². The summed E-state index contributed by atoms with van der Waals surface area (Å²) in [7, 11) is 3.51. The van der Waals surface area contributed by atoms with Gasteiger partial charge >= 0.3 is 5.69 Å². The fourth-order valence-electron chi connectivity index (χ4n) is 2.74. The number of benzene rings is 1. The van der Waals surface area contributed by atoms with Gasteiger partial charge in [-0.05, 0) is 24.1 Å². The van der Waals surface area contributed by atoms with Crippen LogP contribution in [-0.2, 0) is 30.2 Å². The predicted octanol–water partition coefficient (Wildman–Crippen LogP) is 0.530. The number of aryl methyl sites for hydroxylation is 2. The minimum Gasteiger partial charge on any atom is -0.381 e. The molecule has 1 amide bonds. The van der Waals surface area contributed by atoms with Crippen LogP contribution in [0.25, 0.3) is 11.0 Å². The Balaban J connectivity index is 1.77. The first-order chi connectivity index (χ1) is 10.1. The number of carbonyl (C=O) groups excluding carboxylic acids is 1. The summed E-state index contributed by atoms with van der Waals surface area (Å²) in [5.74, 6) is 0.00404. The lowest BCUT2D eigenvalue weighted by atomic mass is 10.1. The second-order valence-electron chi connectivity index (χ2n) is 5.50. The number of nitrogens with one attached hydrogen (secondary N) is 1. The summed E-state index contributed by atoms with van der Waals surface area (Å²) >= 11 is 0. The van der Waals surface area contributed by atoms with Crippen LogP contribution in [0.15, 0.2) is 23.0 Å². The molecule has 0 bridgehead atoms. The molecular formula is C15H19N3O3. The predicted molar refractivity (Wildman–Crippen MR) is 78.9 cm³/mol. The highest BCUT2D eigenvalue weighted by Crippen LogP contribution is 2.15. The van der Waals surface area contributed by atoms with Crippen LogP contribution in [0.5, 0.6) is 0 Å². The summed E-state index contributed by atoms with van der Waals surface area (Å²) in [6.45, 7) is 1.64. The molecule has 1 aromatic heterocycles. The molecule has 1 N–H and O–H groups in total. The maximum atomic E-state index is 12.0. The van der Waals surface area contributed by atoms with Crippen molar-refractivity contribution in [1.29, 1.82) is 0 Å². The van der Waals surface area contributed by atoms with Crippen molar-refractivity contribution in [3.8, 4) is 0 Å². The molecule has 3 rings (SSSR count). The second-order valence-corrected chi connectivity index (χ2v) is 5.50. The zero-order valence-electron chi connectivity index (χ0n) is 12.3. The van der Waals surface area contributed by atoms with Gasteiger partial charge < -0.3 is 10.1 Å². The fraction of sp³-hybridized carbons (Fsp3) is 0.467. The molecule has 6 heteroatoms. The van der Waals surface area contributed by atoms with Crippen molar-refractivity contribution in [2.45, 2.75) is 13.0 Å². The van der Waals surface area contributed by atoms with Gasteiger partial charge in [-0.2, -0.15) is 0 Å². The molecular weight excluding hydrogens is 270 g/mol. The van der Waals surface area contributed by atoms with E-state index in [9.17, 15) is 9.59 Å². The average Bonchev–Trinajstić information content (AvgIpc) is 3.10. The number of carbonyl (C=O) groups is 1. The molecule has 1 saturated heterocycles. The number of hydrogen-bond acceptors (Lipinski definition) is 3. The fourth-order valence-corrected chi connectivity index (χ4v) is 2.74. The number of rotatable bonds is 3. The zero-order chi connectivity index (χ0) is 15.0. The van der Waals surface area contributed by atoms with Crippen LogP contribution in [0.1, 0.15) is 12.0 Å². The second kappa shape index (κ2) is 5.37. The van der Waals surface area contributed by atoms with Gasteiger partial charge in [-0.25, -0.2) is 4.79 Å². The number of ether oxygens (including phenoxy) is 1. The van der Waals surface area contributed by atoms with E-state index in [4.69, 9.17) is 4.74 Å². The van der Waals surface area contributed by atoms with E-state index in [1.165, 1.54) is 0 Å². The number of amides is 1. The highest BCUT2D eigenvalue weighted by Gasteiger charge is 2.23. The van der Waals surface area contributed by atoms with Crippen LogP contribution in [0.4, 0.5) is 0 Å². The molecule has 0 saturated carbocycles. The molecule has 1 unspecified atom stereocenters. The smallest absolute Gasteiger partial charge is 0.328 e. The molecule has 2 aromatic rings. The van der Waals surface area contributed by atoms with E-state index in [1.807, 2.05) is 18.2 Å². The molecule has 2 heterocycles. The van der Waals surface area contributed by atoms with Crippen molar-refractivity contribution in [1.82, 2.24) is 14.5 Å². The monoisotopic (exact) mass is 289 g/mol.